The molecule has 0 saturated carbocycles. The lowest BCUT2D eigenvalue weighted by molar-refractivity contribution is 0.627. The Hall–Kier alpha value is -2.20. The van der Waals surface area contributed by atoms with Gasteiger partial charge in [-0.15, -0.1) is 0 Å². The number of benzene rings is 2. The van der Waals surface area contributed by atoms with Crippen LogP contribution >= 0.6 is 11.6 Å². The molecular formula is C16H13ClFN3. The van der Waals surface area contributed by atoms with Crippen LogP contribution < -0.4 is 5.32 Å². The first kappa shape index (κ1) is 13.8. The van der Waals surface area contributed by atoms with E-state index in [9.17, 15) is 4.39 Å². The molecule has 0 spiro atoms. The smallest absolute Gasteiger partial charge is 0.223 e. The lowest BCUT2D eigenvalue weighted by Crippen LogP contribution is -2.09. The van der Waals surface area contributed by atoms with E-state index >= 15 is 0 Å². The van der Waals surface area contributed by atoms with E-state index in [4.69, 9.17) is 11.6 Å². The average Bonchev–Trinajstić information content (AvgIpc) is 2.50. The van der Waals surface area contributed by atoms with Crippen LogP contribution in [0.1, 0.15) is 18.5 Å². The van der Waals surface area contributed by atoms with E-state index in [-0.39, 0.29) is 11.1 Å². The predicted octanol–water partition coefficient (Wildman–Crippen LogP) is 4.60. The first-order valence-corrected chi connectivity index (χ1v) is 6.94. The van der Waals surface area contributed by atoms with Crippen LogP contribution in [-0.2, 0) is 0 Å². The molecule has 0 aliphatic rings. The minimum atomic E-state index is -0.422. The molecule has 0 aliphatic heterocycles. The fraction of sp³-hybridized carbons (Fsp3) is 0.125. The number of hydrogen-bond acceptors (Lipinski definition) is 3. The molecule has 0 saturated heterocycles. The molecule has 0 fully saturated rings. The number of anilines is 1. The van der Waals surface area contributed by atoms with E-state index in [2.05, 4.69) is 15.3 Å². The molecule has 0 bridgehead atoms. The van der Waals surface area contributed by atoms with Crippen LogP contribution in [0, 0.1) is 5.82 Å². The number of halogens is 2. The van der Waals surface area contributed by atoms with E-state index in [1.807, 2.05) is 31.2 Å². The van der Waals surface area contributed by atoms with Gasteiger partial charge in [-0.3, -0.25) is 0 Å². The largest absolute Gasteiger partial charge is 0.348 e. The van der Waals surface area contributed by atoms with E-state index in [0.29, 0.717) is 5.95 Å². The SMILES string of the molecule is CC(Nc1ncc2ccccc2n1)c1ccc(F)c(Cl)c1. The zero-order chi connectivity index (χ0) is 14.8. The summed E-state index contributed by atoms with van der Waals surface area (Å²) in [7, 11) is 0. The quantitative estimate of drug-likeness (QED) is 0.768. The maximum absolute atomic E-state index is 13.2. The molecule has 3 rings (SSSR count). The molecule has 1 unspecified atom stereocenters. The lowest BCUT2D eigenvalue weighted by atomic mass is 10.1. The Labute approximate surface area is 126 Å². The Bertz CT molecular complexity index is 791. The monoisotopic (exact) mass is 301 g/mol. The van der Waals surface area contributed by atoms with Crippen LogP contribution in [0.4, 0.5) is 10.3 Å². The van der Waals surface area contributed by atoms with Gasteiger partial charge in [0.25, 0.3) is 0 Å². The summed E-state index contributed by atoms with van der Waals surface area (Å²) < 4.78 is 13.2. The molecule has 1 atom stereocenters. The normalized spacial score (nSPS) is 12.3. The average molecular weight is 302 g/mol. The van der Waals surface area contributed by atoms with Crippen molar-refractivity contribution in [1.29, 1.82) is 0 Å². The second kappa shape index (κ2) is 5.66. The van der Waals surface area contributed by atoms with E-state index in [1.165, 1.54) is 6.07 Å². The van der Waals surface area contributed by atoms with Gasteiger partial charge in [-0.2, -0.15) is 0 Å². The number of aromatic nitrogens is 2. The molecule has 0 aliphatic carbocycles. The van der Waals surface area contributed by atoms with E-state index in [1.54, 1.807) is 18.3 Å². The van der Waals surface area contributed by atoms with Gasteiger partial charge in [-0.05, 0) is 30.7 Å². The third kappa shape index (κ3) is 2.95. The van der Waals surface area contributed by atoms with Gasteiger partial charge >= 0.3 is 0 Å². The van der Waals surface area contributed by atoms with Crippen LogP contribution in [0.2, 0.25) is 5.02 Å². The summed E-state index contributed by atoms with van der Waals surface area (Å²) in [6.45, 7) is 1.95. The maximum atomic E-state index is 13.2. The van der Waals surface area contributed by atoms with Gasteiger partial charge in [0.2, 0.25) is 5.95 Å². The van der Waals surface area contributed by atoms with Crippen LogP contribution in [0.5, 0.6) is 0 Å². The van der Waals surface area contributed by atoms with Crippen molar-refractivity contribution in [3.63, 3.8) is 0 Å². The zero-order valence-electron chi connectivity index (χ0n) is 11.3. The first-order valence-electron chi connectivity index (χ1n) is 6.57. The number of nitrogens with one attached hydrogen (secondary N) is 1. The van der Waals surface area contributed by atoms with Crippen LogP contribution in [0.15, 0.2) is 48.7 Å². The minimum Gasteiger partial charge on any atom is -0.348 e. The van der Waals surface area contributed by atoms with Gasteiger partial charge in [-0.1, -0.05) is 35.9 Å². The number of para-hydroxylation sites is 1. The van der Waals surface area contributed by atoms with Crippen molar-refractivity contribution >= 4 is 28.5 Å². The summed E-state index contributed by atoms with van der Waals surface area (Å²) in [6.07, 6.45) is 1.77. The van der Waals surface area contributed by atoms with Gasteiger partial charge in [0.15, 0.2) is 0 Å². The highest BCUT2D eigenvalue weighted by Crippen LogP contribution is 2.23. The molecule has 1 heterocycles. The topological polar surface area (TPSA) is 37.8 Å². The predicted molar refractivity (Wildman–Crippen MR) is 83.0 cm³/mol. The second-order valence-corrected chi connectivity index (χ2v) is 5.20. The second-order valence-electron chi connectivity index (χ2n) is 4.79. The highest BCUT2D eigenvalue weighted by molar-refractivity contribution is 6.30. The molecule has 1 N–H and O–H groups in total. The zero-order valence-corrected chi connectivity index (χ0v) is 12.1. The van der Waals surface area contributed by atoms with Crippen LogP contribution in [0.3, 0.4) is 0 Å². The molecule has 0 radical (unpaired) electrons. The number of fused-ring (bicyclic) bond motifs is 1. The molecule has 0 amide bonds. The van der Waals surface area contributed by atoms with Gasteiger partial charge in [-0.25, -0.2) is 14.4 Å². The Balaban J connectivity index is 1.85. The van der Waals surface area contributed by atoms with Gasteiger partial charge in [0.05, 0.1) is 16.6 Å². The van der Waals surface area contributed by atoms with Crippen molar-refractivity contribution in [2.24, 2.45) is 0 Å². The number of hydrogen-bond donors (Lipinski definition) is 1. The molecule has 106 valence electrons. The van der Waals surface area contributed by atoms with Crippen molar-refractivity contribution in [1.82, 2.24) is 9.97 Å². The van der Waals surface area contributed by atoms with Gasteiger partial charge in [0.1, 0.15) is 5.82 Å². The third-order valence-corrected chi connectivity index (χ3v) is 3.57. The number of nitrogens with zero attached hydrogens (tertiary/aromatic N) is 2. The van der Waals surface area contributed by atoms with E-state index in [0.717, 1.165) is 16.5 Å². The Kier molecular flexibility index (Phi) is 3.71. The fourth-order valence-corrected chi connectivity index (χ4v) is 2.29. The molecule has 21 heavy (non-hydrogen) atoms. The summed E-state index contributed by atoms with van der Waals surface area (Å²) in [5.41, 5.74) is 1.75. The van der Waals surface area contributed by atoms with Crippen molar-refractivity contribution in [3.8, 4) is 0 Å². The van der Waals surface area contributed by atoms with Crippen molar-refractivity contribution < 1.29 is 4.39 Å². The summed E-state index contributed by atoms with van der Waals surface area (Å²) >= 11 is 5.80. The Morgan fingerprint density at radius 2 is 2.00 bits per heavy atom. The minimum absolute atomic E-state index is 0.0794. The number of rotatable bonds is 3. The molecule has 3 nitrogen and oxygen atoms in total. The van der Waals surface area contributed by atoms with Crippen LogP contribution in [0.25, 0.3) is 10.9 Å². The molecule has 3 aromatic rings. The summed E-state index contributed by atoms with van der Waals surface area (Å²) in [5, 5.41) is 4.29. The summed E-state index contributed by atoms with van der Waals surface area (Å²) in [5.74, 6) is 0.108. The van der Waals surface area contributed by atoms with E-state index < -0.39 is 5.82 Å². The Morgan fingerprint density at radius 1 is 1.19 bits per heavy atom. The first-order chi connectivity index (χ1) is 10.1. The lowest BCUT2D eigenvalue weighted by Gasteiger charge is -2.15. The molecular weight excluding hydrogens is 289 g/mol. The fourth-order valence-electron chi connectivity index (χ4n) is 2.10. The van der Waals surface area contributed by atoms with Crippen molar-refractivity contribution in [2.45, 2.75) is 13.0 Å². The summed E-state index contributed by atoms with van der Waals surface area (Å²) in [4.78, 5) is 8.73. The molecule has 5 heteroatoms. The van der Waals surface area contributed by atoms with Crippen LogP contribution in [-0.4, -0.2) is 9.97 Å². The molecule has 2 aromatic carbocycles. The summed E-state index contributed by atoms with van der Waals surface area (Å²) in [6, 6.07) is 12.4. The standard InChI is InChI=1S/C16H13ClFN3/c1-10(11-6-7-14(18)13(17)8-11)20-16-19-9-12-4-2-3-5-15(12)21-16/h2-10H,1H3,(H,19,20,21). The van der Waals surface area contributed by atoms with Gasteiger partial charge in [0, 0.05) is 11.6 Å². The highest BCUT2D eigenvalue weighted by atomic mass is 35.5. The third-order valence-electron chi connectivity index (χ3n) is 3.28. The van der Waals surface area contributed by atoms with Gasteiger partial charge < -0.3 is 5.32 Å². The maximum Gasteiger partial charge on any atom is 0.223 e. The molecule has 1 aromatic heterocycles. The highest BCUT2D eigenvalue weighted by Gasteiger charge is 2.10. The van der Waals surface area contributed by atoms with Crippen molar-refractivity contribution in [3.05, 3.63) is 65.1 Å². The van der Waals surface area contributed by atoms with Crippen molar-refractivity contribution in [2.75, 3.05) is 5.32 Å². The Morgan fingerprint density at radius 3 is 2.81 bits per heavy atom.